The zero-order valence-corrected chi connectivity index (χ0v) is 14.4. The van der Waals surface area contributed by atoms with E-state index in [1.54, 1.807) is 25.3 Å². The van der Waals surface area contributed by atoms with Crippen LogP contribution in [-0.2, 0) is 9.84 Å². The summed E-state index contributed by atoms with van der Waals surface area (Å²) in [6, 6.07) is 5.21. The summed E-state index contributed by atoms with van der Waals surface area (Å²) in [5.74, 6) is 0.727. The average molecular weight is 326 g/mol. The smallest absolute Gasteiger partial charge is 0.181 e. The van der Waals surface area contributed by atoms with Gasteiger partial charge in [0.25, 0.3) is 0 Å². The zero-order chi connectivity index (χ0) is 16.2. The molecule has 1 heterocycles. The molecule has 1 N–H and O–H groups in total. The van der Waals surface area contributed by atoms with Crippen LogP contribution in [0.4, 0.5) is 5.69 Å². The van der Waals surface area contributed by atoms with Crippen LogP contribution < -0.4 is 15.0 Å². The Hall–Kier alpha value is -1.27. The standard InChI is InChI=1S/C16H26N2O3S/c1-4-13(5-2)22(19,20)14-6-7-16(21-3)15(12-14)18-10-8-17-9-11-18/h6-7,12-13,17H,4-5,8-11H2,1-3H3. The normalized spacial score (nSPS) is 16.1. The fraction of sp³-hybridized carbons (Fsp3) is 0.625. The van der Waals surface area contributed by atoms with Crippen molar-refractivity contribution in [2.45, 2.75) is 36.8 Å². The van der Waals surface area contributed by atoms with Gasteiger partial charge in [-0.3, -0.25) is 0 Å². The van der Waals surface area contributed by atoms with Crippen LogP contribution in [0.15, 0.2) is 23.1 Å². The molecule has 2 rings (SSSR count). The van der Waals surface area contributed by atoms with Gasteiger partial charge in [-0.1, -0.05) is 13.8 Å². The van der Waals surface area contributed by atoms with Gasteiger partial charge in [-0.25, -0.2) is 8.42 Å². The number of benzene rings is 1. The SMILES string of the molecule is CCC(CC)S(=O)(=O)c1ccc(OC)c(N2CCNCC2)c1. The highest BCUT2D eigenvalue weighted by atomic mass is 32.2. The summed E-state index contributed by atoms with van der Waals surface area (Å²) in [5.41, 5.74) is 0.871. The zero-order valence-electron chi connectivity index (χ0n) is 13.6. The van der Waals surface area contributed by atoms with Gasteiger partial charge in [-0.15, -0.1) is 0 Å². The van der Waals surface area contributed by atoms with Crippen LogP contribution in [0.3, 0.4) is 0 Å². The first-order valence-corrected chi connectivity index (χ1v) is 9.46. The van der Waals surface area contributed by atoms with Crippen molar-refractivity contribution in [3.05, 3.63) is 18.2 Å². The van der Waals surface area contributed by atoms with Crippen LogP contribution in [0.2, 0.25) is 0 Å². The molecule has 0 aromatic heterocycles. The fourth-order valence-corrected chi connectivity index (χ4v) is 4.72. The van der Waals surface area contributed by atoms with Gasteiger partial charge < -0.3 is 15.0 Å². The molecule has 0 spiro atoms. The van der Waals surface area contributed by atoms with Crippen molar-refractivity contribution in [3.63, 3.8) is 0 Å². The molecule has 1 saturated heterocycles. The molecule has 1 aromatic carbocycles. The number of nitrogens with zero attached hydrogens (tertiary/aromatic N) is 1. The Kier molecular flexibility index (Phi) is 5.69. The Morgan fingerprint density at radius 2 is 1.86 bits per heavy atom. The summed E-state index contributed by atoms with van der Waals surface area (Å²) in [6.45, 7) is 7.34. The first-order valence-electron chi connectivity index (χ1n) is 7.92. The summed E-state index contributed by atoms with van der Waals surface area (Å²) >= 11 is 0. The number of methoxy groups -OCH3 is 1. The predicted molar refractivity (Wildman–Crippen MR) is 89.6 cm³/mol. The second-order valence-corrected chi connectivity index (χ2v) is 7.78. The van der Waals surface area contributed by atoms with Gasteiger partial charge in [0, 0.05) is 26.2 Å². The molecular weight excluding hydrogens is 300 g/mol. The van der Waals surface area contributed by atoms with Gasteiger partial charge >= 0.3 is 0 Å². The van der Waals surface area contributed by atoms with Crippen LogP contribution in [0.5, 0.6) is 5.75 Å². The number of rotatable bonds is 6. The lowest BCUT2D eigenvalue weighted by atomic mass is 10.2. The van der Waals surface area contributed by atoms with E-state index in [1.165, 1.54) is 0 Å². The molecule has 1 fully saturated rings. The van der Waals surface area contributed by atoms with Crippen molar-refractivity contribution in [3.8, 4) is 5.75 Å². The second kappa shape index (κ2) is 7.33. The molecule has 0 radical (unpaired) electrons. The Bertz CT molecular complexity index is 591. The molecule has 124 valence electrons. The van der Waals surface area contributed by atoms with Gasteiger partial charge in [0.1, 0.15) is 5.75 Å². The highest BCUT2D eigenvalue weighted by Crippen LogP contribution is 2.33. The van der Waals surface area contributed by atoms with Gasteiger partial charge in [0.15, 0.2) is 9.84 Å². The Morgan fingerprint density at radius 1 is 1.23 bits per heavy atom. The lowest BCUT2D eigenvalue weighted by Gasteiger charge is -2.31. The third-order valence-corrected chi connectivity index (χ3v) is 6.74. The molecule has 0 unspecified atom stereocenters. The van der Waals surface area contributed by atoms with E-state index < -0.39 is 9.84 Å². The summed E-state index contributed by atoms with van der Waals surface area (Å²) in [5, 5.41) is 2.98. The summed E-state index contributed by atoms with van der Waals surface area (Å²) < 4.78 is 30.9. The number of piperazine rings is 1. The van der Waals surface area contributed by atoms with E-state index in [0.717, 1.165) is 37.6 Å². The van der Waals surface area contributed by atoms with Gasteiger partial charge in [-0.05, 0) is 31.0 Å². The number of anilines is 1. The minimum Gasteiger partial charge on any atom is -0.495 e. The van der Waals surface area contributed by atoms with Crippen molar-refractivity contribution in [1.82, 2.24) is 5.32 Å². The fourth-order valence-electron chi connectivity index (χ4n) is 2.92. The Morgan fingerprint density at radius 3 is 2.41 bits per heavy atom. The first-order chi connectivity index (χ1) is 10.5. The summed E-state index contributed by atoms with van der Waals surface area (Å²) in [7, 11) is -1.66. The number of hydrogen-bond donors (Lipinski definition) is 1. The summed E-state index contributed by atoms with van der Waals surface area (Å²) in [4.78, 5) is 2.58. The van der Waals surface area contributed by atoms with Crippen molar-refractivity contribution in [2.75, 3.05) is 38.2 Å². The van der Waals surface area contributed by atoms with Crippen molar-refractivity contribution < 1.29 is 13.2 Å². The Balaban J connectivity index is 2.42. The second-order valence-electron chi connectivity index (χ2n) is 5.55. The maximum atomic E-state index is 12.8. The topological polar surface area (TPSA) is 58.6 Å². The van der Waals surface area contributed by atoms with Crippen molar-refractivity contribution in [2.24, 2.45) is 0 Å². The molecule has 0 amide bonds. The molecule has 0 atom stereocenters. The quantitative estimate of drug-likeness (QED) is 0.867. The lowest BCUT2D eigenvalue weighted by molar-refractivity contribution is 0.412. The predicted octanol–water partition coefficient (Wildman–Crippen LogP) is 2.07. The molecule has 0 saturated carbocycles. The average Bonchev–Trinajstić information content (AvgIpc) is 2.56. The molecule has 5 nitrogen and oxygen atoms in total. The largest absolute Gasteiger partial charge is 0.495 e. The van der Waals surface area contributed by atoms with Gasteiger partial charge in [0.2, 0.25) is 0 Å². The minimum absolute atomic E-state index is 0.322. The molecular formula is C16H26N2O3S. The van der Waals surface area contributed by atoms with Crippen LogP contribution in [0, 0.1) is 0 Å². The van der Waals surface area contributed by atoms with E-state index in [4.69, 9.17) is 4.74 Å². The van der Waals surface area contributed by atoms with Crippen molar-refractivity contribution in [1.29, 1.82) is 0 Å². The van der Waals surface area contributed by atoms with E-state index in [2.05, 4.69) is 10.2 Å². The highest BCUT2D eigenvalue weighted by Gasteiger charge is 2.26. The van der Waals surface area contributed by atoms with Gasteiger partial charge in [0.05, 0.1) is 22.9 Å². The molecule has 1 aliphatic rings. The van der Waals surface area contributed by atoms with Crippen LogP contribution in [-0.4, -0.2) is 47.0 Å². The molecule has 6 heteroatoms. The minimum atomic E-state index is -3.29. The van der Waals surface area contributed by atoms with Crippen LogP contribution in [0.1, 0.15) is 26.7 Å². The maximum absolute atomic E-state index is 12.8. The number of hydrogen-bond acceptors (Lipinski definition) is 5. The monoisotopic (exact) mass is 326 g/mol. The van der Waals surface area contributed by atoms with E-state index >= 15 is 0 Å². The molecule has 0 bridgehead atoms. The maximum Gasteiger partial charge on any atom is 0.181 e. The third kappa shape index (κ3) is 3.38. The Labute approximate surface area is 133 Å². The number of sulfone groups is 1. The van der Waals surface area contributed by atoms with Crippen molar-refractivity contribution >= 4 is 15.5 Å². The third-order valence-electron chi connectivity index (χ3n) is 4.29. The van der Waals surface area contributed by atoms with E-state index in [9.17, 15) is 8.42 Å². The lowest BCUT2D eigenvalue weighted by Crippen LogP contribution is -2.43. The van der Waals surface area contributed by atoms with Crippen LogP contribution >= 0.6 is 0 Å². The number of ether oxygens (including phenoxy) is 1. The van der Waals surface area contributed by atoms with E-state index in [0.29, 0.717) is 17.7 Å². The van der Waals surface area contributed by atoms with E-state index in [-0.39, 0.29) is 5.25 Å². The first kappa shape index (κ1) is 17.1. The molecule has 1 aromatic rings. The van der Waals surface area contributed by atoms with Crippen LogP contribution in [0.25, 0.3) is 0 Å². The number of nitrogens with one attached hydrogen (secondary N) is 1. The highest BCUT2D eigenvalue weighted by molar-refractivity contribution is 7.92. The van der Waals surface area contributed by atoms with E-state index in [1.807, 2.05) is 13.8 Å². The van der Waals surface area contributed by atoms with Gasteiger partial charge in [-0.2, -0.15) is 0 Å². The summed E-state index contributed by atoms with van der Waals surface area (Å²) in [6.07, 6.45) is 1.27. The molecule has 22 heavy (non-hydrogen) atoms. The molecule has 1 aliphatic heterocycles. The molecule has 0 aliphatic carbocycles.